The second kappa shape index (κ2) is 9.06. The average Bonchev–Trinajstić information content (AvgIpc) is 2.60. The van der Waals surface area contributed by atoms with E-state index >= 15 is 0 Å². The molecule has 0 spiro atoms. The van der Waals surface area contributed by atoms with Crippen LogP contribution in [-0.4, -0.2) is 72.1 Å². The van der Waals surface area contributed by atoms with Crippen molar-refractivity contribution in [2.75, 3.05) is 46.4 Å². The molecule has 1 saturated heterocycles. The summed E-state index contributed by atoms with van der Waals surface area (Å²) in [6, 6.07) is 11.8. The predicted octanol–water partition coefficient (Wildman–Crippen LogP) is 0.662. The van der Waals surface area contributed by atoms with Crippen LogP contribution in [0.3, 0.4) is 0 Å². The first-order chi connectivity index (χ1) is 11.6. The number of hydrogen-bond acceptors (Lipinski definition) is 5. The Bertz CT molecular complexity index is 601. The van der Waals surface area contributed by atoms with Gasteiger partial charge in [-0.05, 0) is 12.6 Å². The number of nitrogens with zero attached hydrogens (tertiary/aromatic N) is 4. The monoisotopic (exact) mass is 328 g/mol. The van der Waals surface area contributed by atoms with E-state index in [0.717, 1.165) is 18.7 Å². The molecule has 0 saturated carbocycles. The number of aliphatic hydroxyl groups excluding tert-OH is 1. The summed E-state index contributed by atoms with van der Waals surface area (Å²) < 4.78 is 0. The Labute approximate surface area is 143 Å². The Morgan fingerprint density at radius 3 is 2.54 bits per heavy atom. The average molecular weight is 328 g/mol. The summed E-state index contributed by atoms with van der Waals surface area (Å²) >= 11 is 0. The van der Waals surface area contributed by atoms with Crippen molar-refractivity contribution in [1.82, 2.24) is 14.7 Å². The molecule has 24 heavy (non-hydrogen) atoms. The first kappa shape index (κ1) is 18.0. The molecular weight excluding hydrogens is 304 g/mol. The number of carbonyl (C=O) groups excluding carboxylic acids is 1. The van der Waals surface area contributed by atoms with Gasteiger partial charge in [0.05, 0.1) is 6.61 Å². The lowest BCUT2D eigenvalue weighted by molar-refractivity contribution is -0.128. The fourth-order valence-electron chi connectivity index (χ4n) is 2.63. The molecule has 1 aromatic carbocycles. The molecule has 0 bridgehead atoms. The van der Waals surface area contributed by atoms with Crippen molar-refractivity contribution in [1.29, 1.82) is 5.26 Å². The number of piperazine rings is 1. The van der Waals surface area contributed by atoms with E-state index in [2.05, 4.69) is 4.90 Å². The van der Waals surface area contributed by atoms with E-state index in [1.165, 1.54) is 0 Å². The van der Waals surface area contributed by atoms with Gasteiger partial charge in [0.2, 0.25) is 0 Å². The molecule has 1 N–H and O–H groups in total. The molecule has 1 amide bonds. The fourth-order valence-corrected chi connectivity index (χ4v) is 2.63. The third-order valence-electron chi connectivity index (χ3n) is 4.07. The van der Waals surface area contributed by atoms with Crippen molar-refractivity contribution in [3.8, 4) is 6.07 Å². The summed E-state index contributed by atoms with van der Waals surface area (Å²) in [6.07, 6.45) is 1.57. The zero-order valence-electron chi connectivity index (χ0n) is 14.1. The summed E-state index contributed by atoms with van der Waals surface area (Å²) in [4.78, 5) is 18.2. The van der Waals surface area contributed by atoms with E-state index in [1.54, 1.807) is 11.1 Å². The predicted molar refractivity (Wildman–Crippen MR) is 91.7 cm³/mol. The lowest BCUT2D eigenvalue weighted by atomic mass is 10.2. The molecule has 1 aliphatic heterocycles. The Hall–Kier alpha value is -2.36. The molecule has 1 aromatic rings. The number of benzene rings is 1. The van der Waals surface area contributed by atoms with Crippen LogP contribution in [0.2, 0.25) is 0 Å². The molecule has 0 atom stereocenters. The minimum atomic E-state index is -0.235. The van der Waals surface area contributed by atoms with Gasteiger partial charge in [-0.2, -0.15) is 5.26 Å². The van der Waals surface area contributed by atoms with E-state index in [-0.39, 0.29) is 18.1 Å². The molecule has 0 unspecified atom stereocenters. The molecule has 1 heterocycles. The molecule has 1 aliphatic rings. The molecule has 0 aromatic heterocycles. The van der Waals surface area contributed by atoms with E-state index < -0.39 is 0 Å². The van der Waals surface area contributed by atoms with Crippen LogP contribution in [-0.2, 0) is 11.3 Å². The van der Waals surface area contributed by atoms with Gasteiger partial charge in [-0.25, -0.2) is 0 Å². The van der Waals surface area contributed by atoms with Crippen LogP contribution in [0.25, 0.3) is 0 Å². The Morgan fingerprint density at radius 2 is 1.96 bits per heavy atom. The fraction of sp³-hybridized carbons (Fsp3) is 0.444. The smallest absolute Gasteiger partial charge is 0.266 e. The number of nitriles is 1. The maximum Gasteiger partial charge on any atom is 0.266 e. The third kappa shape index (κ3) is 5.08. The highest BCUT2D eigenvalue weighted by atomic mass is 16.3. The van der Waals surface area contributed by atoms with Gasteiger partial charge in [0.1, 0.15) is 11.6 Å². The van der Waals surface area contributed by atoms with Crippen molar-refractivity contribution >= 4 is 5.91 Å². The normalized spacial score (nSPS) is 15.9. The summed E-state index contributed by atoms with van der Waals surface area (Å²) in [5.41, 5.74) is 1.18. The lowest BCUT2D eigenvalue weighted by Crippen LogP contribution is -2.47. The van der Waals surface area contributed by atoms with Crippen LogP contribution >= 0.6 is 0 Å². The molecule has 0 aliphatic carbocycles. The van der Waals surface area contributed by atoms with Crippen molar-refractivity contribution in [3.05, 3.63) is 47.7 Å². The minimum absolute atomic E-state index is 0.0370. The van der Waals surface area contributed by atoms with Crippen LogP contribution in [0.4, 0.5) is 0 Å². The van der Waals surface area contributed by atoms with E-state index in [0.29, 0.717) is 26.2 Å². The third-order valence-corrected chi connectivity index (χ3v) is 4.07. The maximum absolute atomic E-state index is 12.6. The van der Waals surface area contributed by atoms with Crippen LogP contribution in [0.15, 0.2) is 42.1 Å². The van der Waals surface area contributed by atoms with Gasteiger partial charge in [-0.15, -0.1) is 0 Å². The maximum atomic E-state index is 12.6. The van der Waals surface area contributed by atoms with Gasteiger partial charge in [-0.1, -0.05) is 30.3 Å². The van der Waals surface area contributed by atoms with Gasteiger partial charge in [-0.3, -0.25) is 4.79 Å². The highest BCUT2D eigenvalue weighted by molar-refractivity contribution is 5.97. The summed E-state index contributed by atoms with van der Waals surface area (Å²) in [5.74, 6) is -0.235. The van der Waals surface area contributed by atoms with Crippen molar-refractivity contribution in [3.63, 3.8) is 0 Å². The number of likely N-dealkylation sites (N-methyl/N-ethyl adjacent to an activating group) is 1. The van der Waals surface area contributed by atoms with Crippen LogP contribution in [0.5, 0.6) is 0 Å². The lowest BCUT2D eigenvalue weighted by Gasteiger charge is -2.32. The number of rotatable bonds is 6. The Morgan fingerprint density at radius 1 is 1.29 bits per heavy atom. The van der Waals surface area contributed by atoms with E-state index in [4.69, 9.17) is 0 Å². The molecule has 128 valence electrons. The molecule has 0 radical (unpaired) electrons. The van der Waals surface area contributed by atoms with Crippen molar-refractivity contribution < 1.29 is 9.90 Å². The number of hydrogen-bond donors (Lipinski definition) is 1. The second-order valence-electron chi connectivity index (χ2n) is 5.93. The molecule has 6 heteroatoms. The van der Waals surface area contributed by atoms with Gasteiger partial charge in [0, 0.05) is 45.5 Å². The number of carbonyl (C=O) groups is 1. The quantitative estimate of drug-likeness (QED) is 0.614. The van der Waals surface area contributed by atoms with Gasteiger partial charge in [0.15, 0.2) is 0 Å². The Kier molecular flexibility index (Phi) is 6.79. The largest absolute Gasteiger partial charge is 0.395 e. The summed E-state index contributed by atoms with van der Waals surface area (Å²) in [6.45, 7) is 3.77. The van der Waals surface area contributed by atoms with Gasteiger partial charge < -0.3 is 19.8 Å². The Balaban J connectivity index is 2.09. The highest BCUT2D eigenvalue weighted by Crippen LogP contribution is 2.10. The standard InChI is InChI=1S/C18H24N4O2/c1-20-7-9-22(10-8-20)18(24)17(13-19)15-21(11-12-23)14-16-5-3-2-4-6-16/h2-6,15,23H,7-12,14H2,1H3/b17-15-. The van der Waals surface area contributed by atoms with Crippen LogP contribution in [0.1, 0.15) is 5.56 Å². The molecule has 1 fully saturated rings. The molecule has 6 nitrogen and oxygen atoms in total. The topological polar surface area (TPSA) is 70.8 Å². The first-order valence-electron chi connectivity index (χ1n) is 8.12. The SMILES string of the molecule is CN1CCN(C(=O)/C(C#N)=C\N(CCO)Cc2ccccc2)CC1. The van der Waals surface area contributed by atoms with Crippen LogP contribution < -0.4 is 0 Å². The zero-order valence-corrected chi connectivity index (χ0v) is 14.1. The summed E-state index contributed by atoms with van der Waals surface area (Å²) in [5, 5.41) is 18.7. The van der Waals surface area contributed by atoms with Crippen molar-refractivity contribution in [2.45, 2.75) is 6.54 Å². The van der Waals surface area contributed by atoms with E-state index in [9.17, 15) is 15.2 Å². The minimum Gasteiger partial charge on any atom is -0.395 e. The van der Waals surface area contributed by atoms with Crippen LogP contribution in [0, 0.1) is 11.3 Å². The second-order valence-corrected chi connectivity index (χ2v) is 5.93. The summed E-state index contributed by atoms with van der Waals surface area (Å²) in [7, 11) is 2.02. The molecular formula is C18H24N4O2. The number of aliphatic hydroxyl groups is 1. The first-order valence-corrected chi connectivity index (χ1v) is 8.12. The zero-order chi connectivity index (χ0) is 17.4. The number of amides is 1. The van der Waals surface area contributed by atoms with Crippen molar-refractivity contribution in [2.24, 2.45) is 0 Å². The highest BCUT2D eigenvalue weighted by Gasteiger charge is 2.22. The van der Waals surface area contributed by atoms with Gasteiger partial charge in [0.25, 0.3) is 5.91 Å². The van der Waals surface area contributed by atoms with E-state index in [1.807, 2.05) is 48.3 Å². The molecule has 2 rings (SSSR count). The van der Waals surface area contributed by atoms with Gasteiger partial charge >= 0.3 is 0 Å².